The summed E-state index contributed by atoms with van der Waals surface area (Å²) in [6.07, 6.45) is -0.526. The molecule has 114 valence electrons. The number of hydrogen-bond acceptors (Lipinski definition) is 6. The highest BCUT2D eigenvalue weighted by Crippen LogP contribution is 2.39. The Morgan fingerprint density at radius 3 is 3.00 bits per heavy atom. The maximum absolute atomic E-state index is 11.9. The van der Waals surface area contributed by atoms with Crippen molar-refractivity contribution in [2.45, 2.75) is 12.5 Å². The third-order valence-electron chi connectivity index (χ3n) is 3.89. The predicted molar refractivity (Wildman–Crippen MR) is 78.1 cm³/mol. The Bertz CT molecular complexity index is 702. The van der Waals surface area contributed by atoms with Gasteiger partial charge in [0.1, 0.15) is 0 Å². The molecule has 4 rings (SSSR count). The average Bonchev–Trinajstić information content (AvgIpc) is 3.07. The first kappa shape index (κ1) is 12.9. The number of benzene rings is 1. The molecule has 0 aromatic heterocycles. The first-order valence-corrected chi connectivity index (χ1v) is 7.05. The number of ether oxygens (including phenoxy) is 2. The van der Waals surface area contributed by atoms with Gasteiger partial charge >= 0.3 is 6.09 Å². The Morgan fingerprint density at radius 2 is 2.23 bits per heavy atom. The van der Waals surface area contributed by atoms with Crippen molar-refractivity contribution in [1.29, 1.82) is 0 Å². The van der Waals surface area contributed by atoms with Crippen LogP contribution in [0.3, 0.4) is 0 Å². The molecule has 8 heteroatoms. The van der Waals surface area contributed by atoms with Crippen molar-refractivity contribution in [3.05, 3.63) is 18.2 Å². The van der Waals surface area contributed by atoms with E-state index in [2.05, 4.69) is 4.99 Å². The second-order valence-corrected chi connectivity index (χ2v) is 5.31. The lowest BCUT2D eigenvalue weighted by Crippen LogP contribution is -2.34. The number of rotatable bonds is 2. The summed E-state index contributed by atoms with van der Waals surface area (Å²) in [5.74, 6) is -0.00628. The number of carbonyl (C=O) groups excluding carboxylic acids is 2. The van der Waals surface area contributed by atoms with Gasteiger partial charge in [0.15, 0.2) is 11.9 Å². The van der Waals surface area contributed by atoms with Gasteiger partial charge in [0.05, 0.1) is 17.9 Å². The molecule has 0 radical (unpaired) electrons. The van der Waals surface area contributed by atoms with Gasteiger partial charge in [-0.25, -0.2) is 9.79 Å². The normalized spacial score (nSPS) is 22.6. The molecule has 1 aromatic carbocycles. The first-order valence-electron chi connectivity index (χ1n) is 7.05. The van der Waals surface area contributed by atoms with Crippen molar-refractivity contribution in [2.75, 3.05) is 29.4 Å². The van der Waals surface area contributed by atoms with Crippen molar-refractivity contribution in [3.63, 3.8) is 0 Å². The fourth-order valence-corrected chi connectivity index (χ4v) is 2.79. The highest BCUT2D eigenvalue weighted by atomic mass is 16.6. The van der Waals surface area contributed by atoms with Crippen molar-refractivity contribution in [2.24, 2.45) is 10.7 Å². The number of cyclic esters (lactones) is 1. The number of carbonyl (C=O) groups is 2. The van der Waals surface area contributed by atoms with Crippen LogP contribution in [0.4, 0.5) is 16.2 Å². The molecule has 1 saturated heterocycles. The first-order chi connectivity index (χ1) is 10.6. The highest BCUT2D eigenvalue weighted by Gasteiger charge is 2.37. The molecule has 3 aliphatic rings. The molecule has 1 atom stereocenters. The van der Waals surface area contributed by atoms with Crippen LogP contribution in [0.5, 0.6) is 5.75 Å². The molecule has 2 N–H and O–H groups in total. The molecule has 0 saturated carbocycles. The molecule has 3 heterocycles. The maximum atomic E-state index is 11.9. The quantitative estimate of drug-likeness (QED) is 0.855. The molecular weight excluding hydrogens is 288 g/mol. The molecule has 0 spiro atoms. The van der Waals surface area contributed by atoms with Crippen LogP contribution in [-0.2, 0) is 9.53 Å². The Balaban J connectivity index is 1.64. The van der Waals surface area contributed by atoms with E-state index in [1.165, 1.54) is 4.90 Å². The highest BCUT2D eigenvalue weighted by molar-refractivity contribution is 6.02. The van der Waals surface area contributed by atoms with Gasteiger partial charge in [-0.1, -0.05) is 0 Å². The van der Waals surface area contributed by atoms with Gasteiger partial charge in [-0.05, 0) is 18.6 Å². The minimum atomic E-state index is -0.919. The summed E-state index contributed by atoms with van der Waals surface area (Å²) in [4.78, 5) is 30.7. The van der Waals surface area contributed by atoms with E-state index in [0.29, 0.717) is 17.5 Å². The summed E-state index contributed by atoms with van der Waals surface area (Å²) in [5.41, 5.74) is 6.72. The zero-order valence-corrected chi connectivity index (χ0v) is 11.7. The molecule has 3 aliphatic heterocycles. The fourth-order valence-electron chi connectivity index (χ4n) is 2.79. The monoisotopic (exact) mass is 302 g/mol. The number of nitrogens with zero attached hydrogens (tertiary/aromatic N) is 3. The molecule has 8 nitrogen and oxygen atoms in total. The van der Waals surface area contributed by atoms with Crippen LogP contribution < -0.4 is 20.3 Å². The summed E-state index contributed by atoms with van der Waals surface area (Å²) in [7, 11) is 0. The third kappa shape index (κ3) is 1.87. The number of anilines is 2. The molecule has 22 heavy (non-hydrogen) atoms. The van der Waals surface area contributed by atoms with E-state index >= 15 is 0 Å². The number of nitrogens with two attached hydrogens (primary N) is 1. The van der Waals surface area contributed by atoms with E-state index in [9.17, 15) is 9.59 Å². The van der Waals surface area contributed by atoms with Crippen LogP contribution in [0.1, 0.15) is 6.42 Å². The smallest absolute Gasteiger partial charge is 0.415 e. The average molecular weight is 302 g/mol. The second-order valence-electron chi connectivity index (χ2n) is 5.31. The molecule has 0 bridgehead atoms. The lowest BCUT2D eigenvalue weighted by Gasteiger charge is -2.20. The Morgan fingerprint density at radius 1 is 1.36 bits per heavy atom. The summed E-state index contributed by atoms with van der Waals surface area (Å²) < 4.78 is 10.7. The maximum Gasteiger partial charge on any atom is 0.415 e. The van der Waals surface area contributed by atoms with Crippen molar-refractivity contribution in [1.82, 2.24) is 0 Å². The van der Waals surface area contributed by atoms with Gasteiger partial charge in [-0.3, -0.25) is 14.6 Å². The summed E-state index contributed by atoms with van der Waals surface area (Å²) >= 11 is 0. The van der Waals surface area contributed by atoms with Crippen LogP contribution in [0.25, 0.3) is 0 Å². The van der Waals surface area contributed by atoms with Gasteiger partial charge in [-0.2, -0.15) is 0 Å². The van der Waals surface area contributed by atoms with E-state index in [4.69, 9.17) is 15.2 Å². The van der Waals surface area contributed by atoms with Crippen LogP contribution >= 0.6 is 0 Å². The summed E-state index contributed by atoms with van der Waals surface area (Å²) in [6.45, 7) is 1.73. The second kappa shape index (κ2) is 4.62. The topological polar surface area (TPSA) is 97.5 Å². The van der Waals surface area contributed by atoms with E-state index in [-0.39, 0.29) is 6.54 Å². The van der Waals surface area contributed by atoms with E-state index < -0.39 is 18.1 Å². The largest absolute Gasteiger partial charge is 0.434 e. The Kier molecular flexibility index (Phi) is 2.72. The minimum Gasteiger partial charge on any atom is -0.434 e. The third-order valence-corrected chi connectivity index (χ3v) is 3.89. The number of hydrogen-bond donors (Lipinski definition) is 1. The van der Waals surface area contributed by atoms with Crippen LogP contribution in [0.2, 0.25) is 0 Å². The fraction of sp³-hybridized carbons (Fsp3) is 0.357. The number of primary amides is 1. The zero-order valence-electron chi connectivity index (χ0n) is 11.7. The van der Waals surface area contributed by atoms with Crippen molar-refractivity contribution in [3.8, 4) is 5.75 Å². The Hall–Kier alpha value is -2.77. The van der Waals surface area contributed by atoms with Gasteiger partial charge in [0, 0.05) is 19.2 Å². The van der Waals surface area contributed by atoms with Crippen LogP contribution in [-0.4, -0.2) is 43.8 Å². The predicted octanol–water partition coefficient (Wildman–Crippen LogP) is 0.456. The summed E-state index contributed by atoms with van der Waals surface area (Å²) in [6, 6.07) is 6.02. The van der Waals surface area contributed by atoms with Gasteiger partial charge in [0.2, 0.25) is 0 Å². The van der Waals surface area contributed by atoms with Crippen molar-refractivity contribution < 1.29 is 19.1 Å². The lowest BCUT2D eigenvalue weighted by molar-refractivity contribution is -0.124. The van der Waals surface area contributed by atoms with Gasteiger partial charge in [0.25, 0.3) is 11.9 Å². The molecule has 1 aromatic rings. The Labute approximate surface area is 126 Å². The minimum absolute atomic E-state index is 0.109. The van der Waals surface area contributed by atoms with Crippen LogP contribution in [0.15, 0.2) is 23.2 Å². The number of aliphatic imine (C=N–C) groups is 1. The SMILES string of the molecule is NC(=O)[C@H]1CN(c2ccc3c(c2)OC2=NCCCN23)C(=O)O1. The number of amides is 2. The zero-order chi connectivity index (χ0) is 15.3. The van der Waals surface area contributed by atoms with Gasteiger partial charge in [-0.15, -0.1) is 0 Å². The van der Waals surface area contributed by atoms with Crippen molar-refractivity contribution >= 4 is 29.4 Å². The van der Waals surface area contributed by atoms with Crippen LogP contribution in [0, 0.1) is 0 Å². The van der Waals surface area contributed by atoms with E-state index in [1.54, 1.807) is 12.1 Å². The lowest BCUT2D eigenvalue weighted by atomic mass is 10.2. The van der Waals surface area contributed by atoms with E-state index in [0.717, 1.165) is 25.2 Å². The van der Waals surface area contributed by atoms with Gasteiger partial charge < -0.3 is 15.2 Å². The molecule has 1 fully saturated rings. The standard InChI is InChI=1S/C14H14N4O4/c15-12(19)11-7-18(14(20)22-11)8-2-3-9-10(6-8)21-13-16-4-1-5-17(9)13/h2-3,6,11H,1,4-5,7H2,(H2,15,19)/t11-/m1/s1. The molecular formula is C14H14N4O4. The number of fused-ring (bicyclic) bond motifs is 3. The molecule has 0 aliphatic carbocycles. The number of amidine groups is 1. The summed E-state index contributed by atoms with van der Waals surface area (Å²) in [5, 5.41) is 0. The van der Waals surface area contributed by atoms with E-state index in [1.807, 2.05) is 11.0 Å². The molecule has 2 amide bonds. The molecule has 0 unspecified atom stereocenters.